The van der Waals surface area contributed by atoms with Crippen molar-refractivity contribution in [3.8, 4) is 5.75 Å². The fourth-order valence-corrected chi connectivity index (χ4v) is 4.01. The van der Waals surface area contributed by atoms with Gasteiger partial charge in [0.15, 0.2) is 5.84 Å². The first-order chi connectivity index (χ1) is 14.1. The molecule has 29 heavy (non-hydrogen) atoms. The zero-order chi connectivity index (χ0) is 20.2. The summed E-state index contributed by atoms with van der Waals surface area (Å²) in [7, 11) is 0. The summed E-state index contributed by atoms with van der Waals surface area (Å²) in [6, 6.07) is 16.2. The monoisotopic (exact) mass is 407 g/mol. The van der Waals surface area contributed by atoms with Crippen LogP contribution in [0.5, 0.6) is 5.75 Å². The van der Waals surface area contributed by atoms with Crippen LogP contribution in [0.4, 0.5) is 0 Å². The van der Waals surface area contributed by atoms with E-state index in [4.69, 9.17) is 21.4 Å². The molecule has 0 unspecified atom stereocenters. The van der Waals surface area contributed by atoms with E-state index in [9.17, 15) is 0 Å². The molecule has 0 spiro atoms. The Labute approximate surface area is 177 Å². The molecule has 0 radical (unpaired) electrons. The van der Waals surface area contributed by atoms with Gasteiger partial charge in [-0.2, -0.15) is 0 Å². The van der Waals surface area contributed by atoms with Crippen molar-refractivity contribution in [3.63, 3.8) is 0 Å². The van der Waals surface area contributed by atoms with E-state index < -0.39 is 0 Å². The molecule has 0 aliphatic carbocycles. The number of nitrogens with zero attached hydrogens (tertiary/aromatic N) is 3. The third kappa shape index (κ3) is 4.48. The van der Waals surface area contributed by atoms with E-state index >= 15 is 0 Å². The number of hydrazone groups is 1. The second-order valence-electron chi connectivity index (χ2n) is 7.49. The first-order valence-electron chi connectivity index (χ1n) is 10.1. The van der Waals surface area contributed by atoms with Crippen LogP contribution in [0, 0.1) is 6.92 Å². The SMILES string of the molecule is C=CN1N=C(COc2cccc(C)c2)N2CCCCC(Cc3ccc(Cl)cc3)=C12. The second kappa shape index (κ2) is 8.75. The van der Waals surface area contributed by atoms with E-state index in [2.05, 4.69) is 36.6 Å². The Morgan fingerprint density at radius 3 is 2.76 bits per heavy atom. The molecule has 2 aliphatic rings. The summed E-state index contributed by atoms with van der Waals surface area (Å²) in [5.41, 5.74) is 3.82. The predicted molar refractivity (Wildman–Crippen MR) is 119 cm³/mol. The fourth-order valence-electron chi connectivity index (χ4n) is 3.88. The highest BCUT2D eigenvalue weighted by Crippen LogP contribution is 2.32. The lowest BCUT2D eigenvalue weighted by molar-refractivity contribution is 0.350. The summed E-state index contributed by atoms with van der Waals surface area (Å²) in [5, 5.41) is 7.46. The molecule has 0 N–H and O–H groups in total. The number of aryl methyl sites for hydroxylation is 1. The van der Waals surface area contributed by atoms with Gasteiger partial charge >= 0.3 is 0 Å². The number of benzene rings is 2. The van der Waals surface area contributed by atoms with Crippen molar-refractivity contribution in [1.82, 2.24) is 9.91 Å². The minimum absolute atomic E-state index is 0.436. The van der Waals surface area contributed by atoms with E-state index in [-0.39, 0.29) is 0 Å². The average molecular weight is 408 g/mol. The molecule has 2 heterocycles. The first kappa shape index (κ1) is 19.6. The molecule has 0 aromatic heterocycles. The average Bonchev–Trinajstić information content (AvgIpc) is 2.94. The van der Waals surface area contributed by atoms with Crippen molar-refractivity contribution in [2.24, 2.45) is 5.10 Å². The van der Waals surface area contributed by atoms with Crippen LogP contribution in [0.2, 0.25) is 5.02 Å². The highest BCUT2D eigenvalue weighted by Gasteiger charge is 2.32. The smallest absolute Gasteiger partial charge is 0.169 e. The van der Waals surface area contributed by atoms with Gasteiger partial charge in [-0.1, -0.05) is 42.4 Å². The first-order valence-corrected chi connectivity index (χ1v) is 10.4. The number of hydrogen-bond acceptors (Lipinski definition) is 4. The largest absolute Gasteiger partial charge is 0.486 e. The van der Waals surface area contributed by atoms with Gasteiger partial charge in [0.2, 0.25) is 0 Å². The van der Waals surface area contributed by atoms with E-state index in [0.717, 1.165) is 48.2 Å². The Bertz CT molecular complexity index is 949. The molecule has 2 aliphatic heterocycles. The summed E-state index contributed by atoms with van der Waals surface area (Å²) in [6.45, 7) is 7.43. The van der Waals surface area contributed by atoms with Gasteiger partial charge in [0.05, 0.1) is 0 Å². The Morgan fingerprint density at radius 2 is 2.00 bits per heavy atom. The van der Waals surface area contributed by atoms with Crippen molar-refractivity contribution < 1.29 is 4.74 Å². The number of hydrogen-bond donors (Lipinski definition) is 0. The van der Waals surface area contributed by atoms with Gasteiger partial charge in [0.25, 0.3) is 0 Å². The molecular weight excluding hydrogens is 382 g/mol. The lowest BCUT2D eigenvalue weighted by Gasteiger charge is -2.24. The van der Waals surface area contributed by atoms with E-state index in [0.29, 0.717) is 6.61 Å². The van der Waals surface area contributed by atoms with Crippen LogP contribution in [-0.2, 0) is 6.42 Å². The molecule has 0 fully saturated rings. The maximum atomic E-state index is 6.06. The number of halogens is 1. The molecule has 4 nitrogen and oxygen atoms in total. The second-order valence-corrected chi connectivity index (χ2v) is 7.92. The zero-order valence-electron chi connectivity index (χ0n) is 16.8. The summed E-state index contributed by atoms with van der Waals surface area (Å²) in [6.07, 6.45) is 6.02. The van der Waals surface area contributed by atoms with Crippen molar-refractivity contribution in [2.45, 2.75) is 32.6 Å². The fraction of sp³-hybridized carbons (Fsp3) is 0.292. The molecule has 150 valence electrons. The van der Waals surface area contributed by atoms with Crippen molar-refractivity contribution >= 4 is 17.4 Å². The number of rotatable bonds is 6. The van der Waals surface area contributed by atoms with Gasteiger partial charge in [-0.15, -0.1) is 5.10 Å². The molecular formula is C24H26ClN3O. The quantitative estimate of drug-likeness (QED) is 0.611. The van der Waals surface area contributed by atoms with Crippen LogP contribution in [0.3, 0.4) is 0 Å². The van der Waals surface area contributed by atoms with Crippen molar-refractivity contribution in [1.29, 1.82) is 0 Å². The van der Waals surface area contributed by atoms with Crippen LogP contribution in [0.15, 0.2) is 77.8 Å². The minimum Gasteiger partial charge on any atom is -0.486 e. The standard InChI is InChI=1S/C24H26ClN3O/c1-3-28-24-20(16-19-10-12-21(25)13-11-19)8-4-5-14-27(24)23(26-28)17-29-22-9-6-7-18(2)15-22/h3,6-7,9-13,15H,1,4-5,8,14,16-17H2,2H3. The van der Waals surface area contributed by atoms with Crippen LogP contribution in [0.1, 0.15) is 30.4 Å². The third-order valence-corrected chi connectivity index (χ3v) is 5.55. The van der Waals surface area contributed by atoms with Crippen LogP contribution >= 0.6 is 11.6 Å². The Hall–Kier alpha value is -2.72. The summed E-state index contributed by atoms with van der Waals surface area (Å²) < 4.78 is 6.05. The third-order valence-electron chi connectivity index (χ3n) is 5.30. The molecule has 4 rings (SSSR count). The normalized spacial score (nSPS) is 16.4. The van der Waals surface area contributed by atoms with Crippen LogP contribution < -0.4 is 4.74 Å². The topological polar surface area (TPSA) is 28.1 Å². The molecule has 2 aromatic rings. The van der Waals surface area contributed by atoms with Crippen LogP contribution in [-0.4, -0.2) is 28.9 Å². The summed E-state index contributed by atoms with van der Waals surface area (Å²) in [4.78, 5) is 2.30. The molecule has 2 aromatic carbocycles. The Morgan fingerprint density at radius 1 is 1.17 bits per heavy atom. The molecule has 0 saturated carbocycles. The number of amidine groups is 1. The maximum Gasteiger partial charge on any atom is 0.169 e. The molecule has 0 amide bonds. The molecule has 0 atom stereocenters. The lowest BCUT2D eigenvalue weighted by Crippen LogP contribution is -2.32. The lowest BCUT2D eigenvalue weighted by atomic mass is 10.0. The van der Waals surface area contributed by atoms with Gasteiger partial charge in [-0.25, -0.2) is 5.01 Å². The maximum absolute atomic E-state index is 6.06. The van der Waals surface area contributed by atoms with Gasteiger partial charge in [-0.3, -0.25) is 0 Å². The number of allylic oxidation sites excluding steroid dienone is 1. The highest BCUT2D eigenvalue weighted by molar-refractivity contribution is 6.30. The molecule has 0 saturated heterocycles. The van der Waals surface area contributed by atoms with Crippen molar-refractivity contribution in [2.75, 3.05) is 13.2 Å². The highest BCUT2D eigenvalue weighted by atomic mass is 35.5. The summed E-state index contributed by atoms with van der Waals surface area (Å²) in [5.74, 6) is 2.93. The molecule has 0 bridgehead atoms. The van der Waals surface area contributed by atoms with Gasteiger partial charge in [0, 0.05) is 17.8 Å². The van der Waals surface area contributed by atoms with E-state index in [1.165, 1.54) is 23.1 Å². The van der Waals surface area contributed by atoms with Gasteiger partial charge < -0.3 is 9.64 Å². The van der Waals surface area contributed by atoms with Gasteiger partial charge in [-0.05, 0) is 73.6 Å². The Kier molecular flexibility index (Phi) is 5.91. The van der Waals surface area contributed by atoms with E-state index in [1.54, 1.807) is 6.20 Å². The Balaban J connectivity index is 1.58. The van der Waals surface area contributed by atoms with Crippen LogP contribution in [0.25, 0.3) is 0 Å². The van der Waals surface area contributed by atoms with Crippen molar-refractivity contribution in [3.05, 3.63) is 88.9 Å². The zero-order valence-corrected chi connectivity index (χ0v) is 17.5. The minimum atomic E-state index is 0.436. The number of fused-ring (bicyclic) bond motifs is 1. The van der Waals surface area contributed by atoms with E-state index in [1.807, 2.05) is 35.3 Å². The summed E-state index contributed by atoms with van der Waals surface area (Å²) >= 11 is 6.06. The predicted octanol–water partition coefficient (Wildman–Crippen LogP) is 5.74. The number of ether oxygens (including phenoxy) is 1. The molecule has 5 heteroatoms. The van der Waals surface area contributed by atoms with Gasteiger partial charge in [0.1, 0.15) is 18.2 Å².